The number of aromatic nitrogens is 2. The van der Waals surface area contributed by atoms with E-state index in [2.05, 4.69) is 9.82 Å². The molecule has 0 fully saturated rings. The lowest BCUT2D eigenvalue weighted by atomic mass is 10.2. The van der Waals surface area contributed by atoms with Gasteiger partial charge in [-0.15, -0.1) is 0 Å². The third kappa shape index (κ3) is 4.08. The third-order valence-corrected chi connectivity index (χ3v) is 3.67. The van der Waals surface area contributed by atoms with Crippen LogP contribution in [0.5, 0.6) is 0 Å². The fourth-order valence-corrected chi connectivity index (χ4v) is 2.64. The molecule has 0 aliphatic carbocycles. The summed E-state index contributed by atoms with van der Waals surface area (Å²) in [6, 6.07) is -0.324. The standard InChI is InChI=1S/C9H18N4O3S/c1-13-6-9(5-11-13)17(14,15)12-8(3-4-10)7-16-2/h5-6,8,12H,3-4,7,10H2,1-2H3. The second-order valence-corrected chi connectivity index (χ2v) is 5.41. The first-order valence-corrected chi connectivity index (χ1v) is 6.68. The van der Waals surface area contributed by atoms with Crippen LogP contribution in [0.2, 0.25) is 0 Å². The molecule has 0 aromatic carbocycles. The van der Waals surface area contributed by atoms with Crippen LogP contribution >= 0.6 is 0 Å². The molecule has 0 aliphatic rings. The molecule has 1 heterocycles. The van der Waals surface area contributed by atoms with Crippen LogP contribution in [0, 0.1) is 0 Å². The smallest absolute Gasteiger partial charge is 0.244 e. The van der Waals surface area contributed by atoms with Gasteiger partial charge in [0, 0.05) is 26.4 Å². The summed E-state index contributed by atoms with van der Waals surface area (Å²) >= 11 is 0. The molecule has 0 spiro atoms. The molecule has 0 bridgehead atoms. The molecule has 1 aromatic rings. The highest BCUT2D eigenvalue weighted by Crippen LogP contribution is 2.07. The number of ether oxygens (including phenoxy) is 1. The minimum atomic E-state index is -3.55. The molecule has 3 N–H and O–H groups in total. The molecule has 1 unspecified atom stereocenters. The Bertz CT molecular complexity index is 437. The van der Waals surface area contributed by atoms with Gasteiger partial charge < -0.3 is 10.5 Å². The zero-order valence-corrected chi connectivity index (χ0v) is 10.8. The van der Waals surface area contributed by atoms with Crippen LogP contribution in [0.25, 0.3) is 0 Å². The molecular weight excluding hydrogens is 244 g/mol. The van der Waals surface area contributed by atoms with Crippen molar-refractivity contribution in [1.82, 2.24) is 14.5 Å². The van der Waals surface area contributed by atoms with Crippen molar-refractivity contribution in [3.05, 3.63) is 12.4 Å². The van der Waals surface area contributed by atoms with Crippen LogP contribution in [-0.4, -0.2) is 44.5 Å². The van der Waals surface area contributed by atoms with Gasteiger partial charge in [-0.05, 0) is 13.0 Å². The molecule has 0 saturated heterocycles. The van der Waals surface area contributed by atoms with Gasteiger partial charge in [0.25, 0.3) is 0 Å². The van der Waals surface area contributed by atoms with Gasteiger partial charge in [0.2, 0.25) is 10.0 Å². The zero-order chi connectivity index (χ0) is 12.9. The molecule has 1 atom stereocenters. The molecule has 1 rings (SSSR count). The van der Waals surface area contributed by atoms with Gasteiger partial charge in [0.05, 0.1) is 12.8 Å². The minimum absolute atomic E-state index is 0.137. The number of nitrogens with one attached hydrogen (secondary N) is 1. The van der Waals surface area contributed by atoms with E-state index in [4.69, 9.17) is 10.5 Å². The summed E-state index contributed by atoms with van der Waals surface area (Å²) in [5.41, 5.74) is 5.41. The largest absolute Gasteiger partial charge is 0.383 e. The lowest BCUT2D eigenvalue weighted by Gasteiger charge is -2.16. The van der Waals surface area contributed by atoms with E-state index in [1.807, 2.05) is 0 Å². The summed E-state index contributed by atoms with van der Waals surface area (Å²) in [7, 11) is -0.378. The van der Waals surface area contributed by atoms with E-state index in [1.165, 1.54) is 24.2 Å². The molecule has 7 nitrogen and oxygen atoms in total. The van der Waals surface area contributed by atoms with Gasteiger partial charge in [0.1, 0.15) is 4.90 Å². The van der Waals surface area contributed by atoms with Crippen LogP contribution in [0.15, 0.2) is 17.3 Å². The van der Waals surface area contributed by atoms with Crippen LogP contribution in [-0.2, 0) is 21.8 Å². The summed E-state index contributed by atoms with van der Waals surface area (Å²) in [5, 5.41) is 3.82. The second-order valence-electron chi connectivity index (χ2n) is 3.70. The van der Waals surface area contributed by atoms with Gasteiger partial charge in [-0.2, -0.15) is 5.10 Å². The number of methoxy groups -OCH3 is 1. The minimum Gasteiger partial charge on any atom is -0.383 e. The maximum Gasteiger partial charge on any atom is 0.244 e. The Morgan fingerprint density at radius 3 is 2.82 bits per heavy atom. The maximum absolute atomic E-state index is 11.9. The van der Waals surface area contributed by atoms with Gasteiger partial charge in [-0.1, -0.05) is 0 Å². The molecule has 0 radical (unpaired) electrons. The number of rotatable bonds is 7. The first-order chi connectivity index (χ1) is 7.99. The summed E-state index contributed by atoms with van der Waals surface area (Å²) in [6.07, 6.45) is 3.26. The summed E-state index contributed by atoms with van der Waals surface area (Å²) in [5.74, 6) is 0. The summed E-state index contributed by atoms with van der Waals surface area (Å²) < 4.78 is 32.8. The number of sulfonamides is 1. The molecule has 17 heavy (non-hydrogen) atoms. The van der Waals surface area contributed by atoms with Crippen molar-refractivity contribution in [2.24, 2.45) is 12.8 Å². The highest BCUT2D eigenvalue weighted by molar-refractivity contribution is 7.89. The zero-order valence-electron chi connectivity index (χ0n) is 9.96. The average molecular weight is 262 g/mol. The van der Waals surface area contributed by atoms with E-state index in [0.717, 1.165) is 0 Å². The Balaban J connectivity index is 2.77. The van der Waals surface area contributed by atoms with E-state index < -0.39 is 10.0 Å². The van der Waals surface area contributed by atoms with Crippen molar-refractivity contribution in [2.75, 3.05) is 20.3 Å². The average Bonchev–Trinajstić information content (AvgIpc) is 2.66. The lowest BCUT2D eigenvalue weighted by molar-refractivity contribution is 0.172. The number of nitrogens with zero attached hydrogens (tertiary/aromatic N) is 2. The molecule has 0 aliphatic heterocycles. The fourth-order valence-electron chi connectivity index (χ4n) is 1.40. The molecule has 1 aromatic heterocycles. The normalized spacial score (nSPS) is 13.8. The van der Waals surface area contributed by atoms with Crippen LogP contribution in [0.1, 0.15) is 6.42 Å². The highest BCUT2D eigenvalue weighted by Gasteiger charge is 2.20. The molecule has 0 saturated carbocycles. The van der Waals surface area contributed by atoms with Crippen LogP contribution in [0.4, 0.5) is 0 Å². The van der Waals surface area contributed by atoms with Crippen LogP contribution < -0.4 is 10.5 Å². The Hall–Kier alpha value is -0.960. The van der Waals surface area contributed by atoms with Gasteiger partial charge >= 0.3 is 0 Å². The number of hydrogen-bond acceptors (Lipinski definition) is 5. The van der Waals surface area contributed by atoms with Crippen molar-refractivity contribution >= 4 is 10.0 Å². The van der Waals surface area contributed by atoms with Crippen molar-refractivity contribution in [3.63, 3.8) is 0 Å². The Kier molecular flexibility index (Phi) is 5.06. The second kappa shape index (κ2) is 6.10. The van der Waals surface area contributed by atoms with Crippen LogP contribution in [0.3, 0.4) is 0 Å². The molecule has 0 amide bonds. The highest BCUT2D eigenvalue weighted by atomic mass is 32.2. The van der Waals surface area contributed by atoms with Crippen molar-refractivity contribution in [3.8, 4) is 0 Å². The predicted octanol–water partition coefficient (Wildman–Crippen LogP) is -0.938. The first kappa shape index (κ1) is 14.1. The number of aryl methyl sites for hydroxylation is 1. The quantitative estimate of drug-likeness (QED) is 0.661. The van der Waals surface area contributed by atoms with E-state index in [1.54, 1.807) is 7.05 Å². The lowest BCUT2D eigenvalue weighted by Crippen LogP contribution is -2.39. The van der Waals surface area contributed by atoms with Gasteiger partial charge in [-0.25, -0.2) is 13.1 Å². The Labute approximate surface area is 101 Å². The van der Waals surface area contributed by atoms with Gasteiger partial charge in [0.15, 0.2) is 0 Å². The fraction of sp³-hybridized carbons (Fsp3) is 0.667. The Morgan fingerprint density at radius 1 is 1.65 bits per heavy atom. The topological polar surface area (TPSA) is 99.2 Å². The molecular formula is C9H18N4O3S. The molecule has 98 valence electrons. The monoisotopic (exact) mass is 262 g/mol. The molecule has 8 heteroatoms. The first-order valence-electron chi connectivity index (χ1n) is 5.19. The number of nitrogens with two attached hydrogens (primary N) is 1. The van der Waals surface area contributed by atoms with E-state index >= 15 is 0 Å². The van der Waals surface area contributed by atoms with Crippen molar-refractivity contribution < 1.29 is 13.2 Å². The van der Waals surface area contributed by atoms with Gasteiger partial charge in [-0.3, -0.25) is 4.68 Å². The van der Waals surface area contributed by atoms with Crippen molar-refractivity contribution in [1.29, 1.82) is 0 Å². The Morgan fingerprint density at radius 2 is 2.35 bits per heavy atom. The maximum atomic E-state index is 11.9. The van der Waals surface area contributed by atoms with E-state index in [9.17, 15) is 8.42 Å². The van der Waals surface area contributed by atoms with Crippen molar-refractivity contribution in [2.45, 2.75) is 17.4 Å². The van der Waals surface area contributed by atoms with E-state index in [0.29, 0.717) is 13.0 Å². The van der Waals surface area contributed by atoms with E-state index in [-0.39, 0.29) is 17.5 Å². The summed E-state index contributed by atoms with van der Waals surface area (Å²) in [6.45, 7) is 0.681. The number of hydrogen-bond donors (Lipinski definition) is 2. The summed E-state index contributed by atoms with van der Waals surface area (Å²) in [4.78, 5) is 0.137. The predicted molar refractivity (Wildman–Crippen MR) is 62.9 cm³/mol. The SMILES string of the molecule is COCC(CCN)NS(=O)(=O)c1cnn(C)c1. The third-order valence-electron chi connectivity index (χ3n) is 2.20.